The fourth-order valence-corrected chi connectivity index (χ4v) is 2.01. The van der Waals surface area contributed by atoms with E-state index in [-0.39, 0.29) is 5.91 Å². The zero-order valence-electron chi connectivity index (χ0n) is 9.59. The second kappa shape index (κ2) is 6.08. The van der Waals surface area contributed by atoms with Crippen molar-refractivity contribution in [1.82, 2.24) is 15.3 Å². The number of aromatic nitrogens is 2. The molecule has 0 fully saturated rings. The van der Waals surface area contributed by atoms with Crippen molar-refractivity contribution in [2.45, 2.75) is 6.42 Å². The van der Waals surface area contributed by atoms with Crippen molar-refractivity contribution in [3.05, 3.63) is 40.6 Å². The molecule has 2 aromatic heterocycles. The molecule has 2 heterocycles. The highest BCUT2D eigenvalue weighted by molar-refractivity contribution is 7.09. The van der Waals surface area contributed by atoms with Gasteiger partial charge in [-0.05, 0) is 12.1 Å². The van der Waals surface area contributed by atoms with Gasteiger partial charge in [-0.1, -0.05) is 0 Å². The Kier molecular flexibility index (Phi) is 4.21. The van der Waals surface area contributed by atoms with Crippen molar-refractivity contribution in [1.29, 1.82) is 0 Å². The van der Waals surface area contributed by atoms with E-state index in [1.807, 2.05) is 5.38 Å². The molecular formula is C11H13N5OS. The van der Waals surface area contributed by atoms with Crippen LogP contribution in [0.5, 0.6) is 0 Å². The number of hydrazine groups is 1. The SMILES string of the molecule is NNc1ccnc(C(=O)NCCc2nccs2)c1. The molecule has 4 N–H and O–H groups in total. The van der Waals surface area contributed by atoms with Crippen LogP contribution in [0.1, 0.15) is 15.5 Å². The standard InChI is InChI=1S/C11H13N5OS/c12-16-8-1-3-13-9(7-8)11(17)15-4-2-10-14-5-6-18-10/h1,3,5-7H,2,4,12H2,(H,13,16)(H,15,17). The maximum atomic E-state index is 11.8. The number of pyridine rings is 1. The van der Waals surface area contributed by atoms with Crippen molar-refractivity contribution in [2.75, 3.05) is 12.0 Å². The van der Waals surface area contributed by atoms with E-state index in [1.165, 1.54) is 6.20 Å². The molecule has 0 aliphatic carbocycles. The highest BCUT2D eigenvalue weighted by atomic mass is 32.1. The molecule has 0 aliphatic heterocycles. The van der Waals surface area contributed by atoms with Gasteiger partial charge >= 0.3 is 0 Å². The van der Waals surface area contributed by atoms with Crippen LogP contribution in [0, 0.1) is 0 Å². The Morgan fingerprint density at radius 2 is 2.28 bits per heavy atom. The number of rotatable bonds is 5. The minimum atomic E-state index is -0.219. The third-order valence-corrected chi connectivity index (χ3v) is 3.11. The maximum absolute atomic E-state index is 11.8. The molecule has 0 atom stereocenters. The number of nitrogens with one attached hydrogen (secondary N) is 2. The lowest BCUT2D eigenvalue weighted by molar-refractivity contribution is 0.0949. The summed E-state index contributed by atoms with van der Waals surface area (Å²) < 4.78 is 0. The summed E-state index contributed by atoms with van der Waals surface area (Å²) in [7, 11) is 0. The third kappa shape index (κ3) is 3.25. The van der Waals surface area contributed by atoms with Crippen LogP contribution in [0.2, 0.25) is 0 Å². The van der Waals surface area contributed by atoms with Crippen molar-refractivity contribution >= 4 is 22.9 Å². The number of nitrogen functional groups attached to an aromatic ring is 1. The topological polar surface area (TPSA) is 92.9 Å². The van der Waals surface area contributed by atoms with Crippen LogP contribution >= 0.6 is 11.3 Å². The summed E-state index contributed by atoms with van der Waals surface area (Å²) in [5, 5.41) is 5.70. The van der Waals surface area contributed by atoms with Crippen LogP contribution in [0.4, 0.5) is 5.69 Å². The van der Waals surface area contributed by atoms with Gasteiger partial charge in [0.2, 0.25) is 0 Å². The molecule has 0 bridgehead atoms. The van der Waals surface area contributed by atoms with Crippen molar-refractivity contribution in [3.8, 4) is 0 Å². The molecule has 7 heteroatoms. The minimum absolute atomic E-state index is 0.219. The molecule has 0 aliphatic rings. The molecule has 94 valence electrons. The molecule has 18 heavy (non-hydrogen) atoms. The first-order valence-electron chi connectivity index (χ1n) is 5.39. The lowest BCUT2D eigenvalue weighted by Gasteiger charge is -2.05. The molecule has 2 aromatic rings. The fraction of sp³-hybridized carbons (Fsp3) is 0.182. The Balaban J connectivity index is 1.87. The second-order valence-corrected chi connectivity index (χ2v) is 4.48. The van der Waals surface area contributed by atoms with Gasteiger partial charge in [0, 0.05) is 30.7 Å². The van der Waals surface area contributed by atoms with E-state index in [9.17, 15) is 4.79 Å². The summed E-state index contributed by atoms with van der Waals surface area (Å²) in [5.41, 5.74) is 3.46. The predicted octanol–water partition coefficient (Wildman–Crippen LogP) is 0.796. The van der Waals surface area contributed by atoms with Crippen LogP contribution in [-0.4, -0.2) is 22.4 Å². The summed E-state index contributed by atoms with van der Waals surface area (Å²) in [6.07, 6.45) is 4.00. The van der Waals surface area contributed by atoms with Crippen LogP contribution in [0.15, 0.2) is 29.9 Å². The van der Waals surface area contributed by atoms with Crippen molar-refractivity contribution in [3.63, 3.8) is 0 Å². The van der Waals surface area contributed by atoms with E-state index in [2.05, 4.69) is 20.7 Å². The average molecular weight is 263 g/mol. The number of carbonyl (C=O) groups is 1. The minimum Gasteiger partial charge on any atom is -0.350 e. The average Bonchev–Trinajstić information content (AvgIpc) is 2.92. The van der Waals surface area contributed by atoms with E-state index in [0.717, 1.165) is 11.4 Å². The lowest BCUT2D eigenvalue weighted by atomic mass is 10.3. The first kappa shape index (κ1) is 12.5. The van der Waals surface area contributed by atoms with Crippen LogP contribution < -0.4 is 16.6 Å². The normalized spacial score (nSPS) is 10.1. The Morgan fingerprint density at radius 3 is 3.00 bits per heavy atom. The lowest BCUT2D eigenvalue weighted by Crippen LogP contribution is -2.26. The molecular weight excluding hydrogens is 250 g/mol. The summed E-state index contributed by atoms with van der Waals surface area (Å²) in [6.45, 7) is 0.536. The summed E-state index contributed by atoms with van der Waals surface area (Å²) >= 11 is 1.57. The smallest absolute Gasteiger partial charge is 0.269 e. The molecule has 0 spiro atoms. The van der Waals surface area contributed by atoms with E-state index >= 15 is 0 Å². The van der Waals surface area contributed by atoms with Crippen LogP contribution in [-0.2, 0) is 6.42 Å². The fourth-order valence-electron chi connectivity index (χ4n) is 1.39. The third-order valence-electron chi connectivity index (χ3n) is 2.27. The number of hydrogen-bond acceptors (Lipinski definition) is 6. The molecule has 1 amide bonds. The molecule has 0 saturated heterocycles. The number of hydrogen-bond donors (Lipinski definition) is 3. The molecule has 0 radical (unpaired) electrons. The van der Waals surface area contributed by atoms with Gasteiger partial charge in [0.25, 0.3) is 5.91 Å². The monoisotopic (exact) mass is 263 g/mol. The van der Waals surface area contributed by atoms with Gasteiger partial charge < -0.3 is 10.7 Å². The van der Waals surface area contributed by atoms with Crippen molar-refractivity contribution in [2.24, 2.45) is 5.84 Å². The largest absolute Gasteiger partial charge is 0.350 e. The van der Waals surface area contributed by atoms with Gasteiger partial charge in [-0.15, -0.1) is 11.3 Å². The summed E-state index contributed by atoms with van der Waals surface area (Å²) in [6, 6.07) is 3.28. The zero-order chi connectivity index (χ0) is 12.8. The van der Waals surface area contributed by atoms with E-state index < -0.39 is 0 Å². The number of anilines is 1. The number of nitrogens with zero attached hydrogens (tertiary/aromatic N) is 2. The highest BCUT2D eigenvalue weighted by Gasteiger charge is 2.07. The molecule has 2 rings (SSSR count). The maximum Gasteiger partial charge on any atom is 0.269 e. The van der Waals surface area contributed by atoms with Crippen LogP contribution in [0.25, 0.3) is 0 Å². The van der Waals surface area contributed by atoms with E-state index in [4.69, 9.17) is 5.84 Å². The van der Waals surface area contributed by atoms with Gasteiger partial charge in [-0.25, -0.2) is 4.98 Å². The van der Waals surface area contributed by atoms with Gasteiger partial charge in [0.1, 0.15) is 5.69 Å². The Morgan fingerprint density at radius 1 is 1.39 bits per heavy atom. The first-order valence-corrected chi connectivity index (χ1v) is 6.27. The number of nitrogens with two attached hydrogens (primary N) is 1. The quantitative estimate of drug-likeness (QED) is 0.548. The predicted molar refractivity (Wildman–Crippen MR) is 70.2 cm³/mol. The van der Waals surface area contributed by atoms with Gasteiger partial charge in [0.15, 0.2) is 0 Å². The Labute approximate surface area is 108 Å². The van der Waals surface area contributed by atoms with Crippen molar-refractivity contribution < 1.29 is 4.79 Å². The molecule has 6 nitrogen and oxygen atoms in total. The highest BCUT2D eigenvalue weighted by Crippen LogP contribution is 2.06. The zero-order valence-corrected chi connectivity index (χ0v) is 10.4. The first-order chi connectivity index (χ1) is 8.79. The number of amides is 1. The van der Waals surface area contributed by atoms with Gasteiger partial charge in [-0.2, -0.15) is 0 Å². The number of thiazole rings is 1. The molecule has 0 saturated carbocycles. The molecule has 0 aromatic carbocycles. The Bertz CT molecular complexity index is 514. The van der Waals surface area contributed by atoms with Crippen LogP contribution in [0.3, 0.4) is 0 Å². The van der Waals surface area contributed by atoms with E-state index in [1.54, 1.807) is 29.7 Å². The van der Waals surface area contributed by atoms with Gasteiger partial charge in [-0.3, -0.25) is 15.6 Å². The van der Waals surface area contributed by atoms with Gasteiger partial charge in [0.05, 0.1) is 10.7 Å². The number of carbonyl (C=O) groups excluding carboxylic acids is 1. The summed E-state index contributed by atoms with van der Waals surface area (Å²) in [4.78, 5) is 19.9. The second-order valence-electron chi connectivity index (χ2n) is 3.51. The molecule has 0 unspecified atom stereocenters. The Hall–Kier alpha value is -1.99. The summed E-state index contributed by atoms with van der Waals surface area (Å²) in [5.74, 6) is 5.05. The van der Waals surface area contributed by atoms with E-state index in [0.29, 0.717) is 17.9 Å².